The quantitative estimate of drug-likeness (QED) is 0.720. The third-order valence-electron chi connectivity index (χ3n) is 5.11. The number of hydrogen-bond acceptors (Lipinski definition) is 3. The molecule has 1 fully saturated rings. The number of amides is 1. The van der Waals surface area contributed by atoms with Crippen molar-refractivity contribution in [2.75, 3.05) is 13.1 Å². The number of carbonyl (C=O) groups is 1. The maximum absolute atomic E-state index is 12.6. The van der Waals surface area contributed by atoms with Crippen LogP contribution in [0.5, 0.6) is 0 Å². The van der Waals surface area contributed by atoms with Crippen LogP contribution in [0.3, 0.4) is 0 Å². The third-order valence-corrected chi connectivity index (χ3v) is 7.03. The van der Waals surface area contributed by atoms with Crippen molar-refractivity contribution in [3.05, 3.63) is 77.9 Å². The van der Waals surface area contributed by atoms with Gasteiger partial charge in [-0.05, 0) is 47.4 Å². The molecule has 4 rings (SSSR count). The molecule has 0 saturated carbocycles. The average molecular weight is 394 g/mol. The fraction of sp³-hybridized carbons (Fsp3) is 0.227. The molecule has 1 aliphatic heterocycles. The summed E-state index contributed by atoms with van der Waals surface area (Å²) in [6, 6.07) is 20.2. The van der Waals surface area contributed by atoms with Crippen molar-refractivity contribution in [2.45, 2.75) is 24.3 Å². The van der Waals surface area contributed by atoms with E-state index in [-0.39, 0.29) is 5.91 Å². The largest absolute Gasteiger partial charge is 0.348 e. The zero-order valence-electron chi connectivity index (χ0n) is 15.5. The van der Waals surface area contributed by atoms with Crippen molar-refractivity contribution in [3.8, 4) is 0 Å². The van der Waals surface area contributed by atoms with Crippen molar-refractivity contribution in [3.63, 3.8) is 0 Å². The zero-order chi connectivity index (χ0) is 19.6. The summed E-state index contributed by atoms with van der Waals surface area (Å²) < 4.78 is 26.7. The summed E-state index contributed by atoms with van der Waals surface area (Å²) in [6.45, 7) is 1.52. The second-order valence-corrected chi connectivity index (χ2v) is 8.90. The van der Waals surface area contributed by atoms with Crippen LogP contribution in [0.1, 0.15) is 28.8 Å². The Labute approximate surface area is 165 Å². The van der Waals surface area contributed by atoms with Gasteiger partial charge in [0.05, 0.1) is 4.90 Å². The van der Waals surface area contributed by atoms with Crippen LogP contribution in [-0.2, 0) is 16.6 Å². The predicted octanol–water partition coefficient (Wildman–Crippen LogP) is 3.55. The first kappa shape index (κ1) is 18.7. The number of carbonyl (C=O) groups excluding carboxylic acids is 1. The second-order valence-electron chi connectivity index (χ2n) is 6.96. The SMILES string of the molecule is O=C(NCc1ccc(S(=O)(=O)N2CCCC2)cc1)c1cccc2ccccc12. The Morgan fingerprint density at radius 2 is 1.57 bits per heavy atom. The van der Waals surface area contributed by atoms with E-state index < -0.39 is 10.0 Å². The van der Waals surface area contributed by atoms with Crippen LogP contribution < -0.4 is 5.32 Å². The van der Waals surface area contributed by atoms with Gasteiger partial charge in [0.1, 0.15) is 0 Å². The van der Waals surface area contributed by atoms with Gasteiger partial charge >= 0.3 is 0 Å². The highest BCUT2D eigenvalue weighted by atomic mass is 32.2. The van der Waals surface area contributed by atoms with Crippen LogP contribution >= 0.6 is 0 Å². The fourth-order valence-electron chi connectivity index (χ4n) is 3.56. The molecule has 1 saturated heterocycles. The van der Waals surface area contributed by atoms with E-state index in [4.69, 9.17) is 0 Å². The molecule has 0 aromatic heterocycles. The van der Waals surface area contributed by atoms with Gasteiger partial charge in [-0.3, -0.25) is 4.79 Å². The molecular formula is C22H22N2O3S. The highest BCUT2D eigenvalue weighted by molar-refractivity contribution is 7.89. The number of nitrogens with one attached hydrogen (secondary N) is 1. The summed E-state index contributed by atoms with van der Waals surface area (Å²) in [7, 11) is -3.41. The van der Waals surface area contributed by atoms with Gasteiger partial charge in [0.25, 0.3) is 5.91 Å². The van der Waals surface area contributed by atoms with E-state index in [0.717, 1.165) is 29.2 Å². The van der Waals surface area contributed by atoms with Gasteiger partial charge in [0, 0.05) is 25.2 Å². The Morgan fingerprint density at radius 3 is 2.32 bits per heavy atom. The van der Waals surface area contributed by atoms with E-state index in [0.29, 0.717) is 30.1 Å². The number of benzene rings is 3. The molecule has 3 aromatic carbocycles. The molecule has 1 aliphatic rings. The minimum atomic E-state index is -3.41. The Hall–Kier alpha value is -2.70. The lowest BCUT2D eigenvalue weighted by atomic mass is 10.0. The van der Waals surface area contributed by atoms with E-state index in [1.807, 2.05) is 42.5 Å². The van der Waals surface area contributed by atoms with Gasteiger partial charge in [-0.2, -0.15) is 4.31 Å². The minimum absolute atomic E-state index is 0.148. The predicted molar refractivity (Wildman–Crippen MR) is 110 cm³/mol. The Bertz CT molecular complexity index is 1100. The van der Waals surface area contributed by atoms with Crippen molar-refractivity contribution in [1.82, 2.24) is 9.62 Å². The van der Waals surface area contributed by atoms with Gasteiger partial charge in [-0.15, -0.1) is 0 Å². The molecule has 3 aromatic rings. The van der Waals surface area contributed by atoms with Crippen molar-refractivity contribution in [1.29, 1.82) is 0 Å². The van der Waals surface area contributed by atoms with Crippen LogP contribution in [-0.4, -0.2) is 31.7 Å². The first-order valence-electron chi connectivity index (χ1n) is 9.41. The average Bonchev–Trinajstić information content (AvgIpc) is 3.28. The molecule has 1 heterocycles. The van der Waals surface area contributed by atoms with E-state index in [2.05, 4.69) is 5.32 Å². The Kier molecular flexibility index (Phi) is 5.15. The smallest absolute Gasteiger partial charge is 0.252 e. The van der Waals surface area contributed by atoms with Gasteiger partial charge in [-0.25, -0.2) is 8.42 Å². The summed E-state index contributed by atoms with van der Waals surface area (Å²) in [5.41, 5.74) is 1.49. The lowest BCUT2D eigenvalue weighted by Crippen LogP contribution is -2.28. The standard InChI is InChI=1S/C22H22N2O3S/c25-22(21-9-5-7-18-6-1-2-8-20(18)21)23-16-17-10-12-19(13-11-17)28(26,27)24-14-3-4-15-24/h1-2,5-13H,3-4,14-16H2,(H,23,25). The molecular weight excluding hydrogens is 372 g/mol. The molecule has 0 spiro atoms. The molecule has 144 valence electrons. The van der Waals surface area contributed by atoms with Crippen LogP contribution in [0.25, 0.3) is 10.8 Å². The number of fused-ring (bicyclic) bond motifs is 1. The van der Waals surface area contributed by atoms with E-state index in [1.54, 1.807) is 24.3 Å². The van der Waals surface area contributed by atoms with Crippen LogP contribution in [0.4, 0.5) is 0 Å². The number of rotatable bonds is 5. The molecule has 1 N–H and O–H groups in total. The summed E-state index contributed by atoms with van der Waals surface area (Å²) in [5.74, 6) is -0.148. The first-order valence-corrected chi connectivity index (χ1v) is 10.8. The third kappa shape index (κ3) is 3.66. The van der Waals surface area contributed by atoms with Crippen LogP contribution in [0, 0.1) is 0 Å². The topological polar surface area (TPSA) is 66.5 Å². The van der Waals surface area contributed by atoms with Crippen molar-refractivity contribution >= 4 is 26.7 Å². The van der Waals surface area contributed by atoms with Crippen molar-refractivity contribution < 1.29 is 13.2 Å². The lowest BCUT2D eigenvalue weighted by Gasteiger charge is -2.15. The number of hydrogen-bond donors (Lipinski definition) is 1. The lowest BCUT2D eigenvalue weighted by molar-refractivity contribution is 0.0952. The van der Waals surface area contributed by atoms with E-state index in [9.17, 15) is 13.2 Å². The van der Waals surface area contributed by atoms with E-state index >= 15 is 0 Å². The Balaban J connectivity index is 1.46. The van der Waals surface area contributed by atoms with Gasteiger partial charge in [0.2, 0.25) is 10.0 Å². The molecule has 0 bridgehead atoms. The number of nitrogens with zero attached hydrogens (tertiary/aromatic N) is 1. The van der Waals surface area contributed by atoms with Crippen LogP contribution in [0.2, 0.25) is 0 Å². The molecule has 0 radical (unpaired) electrons. The summed E-state index contributed by atoms with van der Waals surface area (Å²) in [6.07, 6.45) is 1.83. The van der Waals surface area contributed by atoms with Gasteiger partial charge < -0.3 is 5.32 Å². The Morgan fingerprint density at radius 1 is 0.893 bits per heavy atom. The molecule has 28 heavy (non-hydrogen) atoms. The van der Waals surface area contributed by atoms with Gasteiger partial charge in [-0.1, -0.05) is 48.5 Å². The summed E-state index contributed by atoms with van der Waals surface area (Å²) in [4.78, 5) is 12.9. The van der Waals surface area contributed by atoms with Crippen LogP contribution in [0.15, 0.2) is 71.6 Å². The summed E-state index contributed by atoms with van der Waals surface area (Å²) >= 11 is 0. The number of sulfonamides is 1. The summed E-state index contributed by atoms with van der Waals surface area (Å²) in [5, 5.41) is 4.85. The molecule has 0 unspecified atom stereocenters. The molecule has 1 amide bonds. The minimum Gasteiger partial charge on any atom is -0.348 e. The normalized spacial score (nSPS) is 15.0. The molecule has 5 nitrogen and oxygen atoms in total. The van der Waals surface area contributed by atoms with E-state index in [1.165, 1.54) is 4.31 Å². The maximum atomic E-state index is 12.6. The highest BCUT2D eigenvalue weighted by Crippen LogP contribution is 2.21. The molecule has 6 heteroatoms. The highest BCUT2D eigenvalue weighted by Gasteiger charge is 2.26. The molecule has 0 atom stereocenters. The second kappa shape index (κ2) is 7.73. The first-order chi connectivity index (χ1) is 13.6. The van der Waals surface area contributed by atoms with Crippen molar-refractivity contribution in [2.24, 2.45) is 0 Å². The maximum Gasteiger partial charge on any atom is 0.252 e. The molecule has 0 aliphatic carbocycles. The zero-order valence-corrected chi connectivity index (χ0v) is 16.3. The fourth-order valence-corrected chi connectivity index (χ4v) is 5.07. The monoisotopic (exact) mass is 394 g/mol. The van der Waals surface area contributed by atoms with Gasteiger partial charge in [0.15, 0.2) is 0 Å².